The van der Waals surface area contributed by atoms with E-state index in [-0.39, 0.29) is 143 Å². The summed E-state index contributed by atoms with van der Waals surface area (Å²) in [6, 6.07) is 0. The predicted octanol–water partition coefficient (Wildman–Crippen LogP) is -0.807. The Hall–Kier alpha value is -1.73. The zero-order valence-corrected chi connectivity index (χ0v) is 19.5. The maximum absolute atomic E-state index is 8.12. The molecule has 0 atom stereocenters. The Kier molecular flexibility index (Phi) is 3770. The molecule has 0 N–H and O–H groups in total. The number of carbonyl (C=O) groups excluding carboxylic acids is 12. The monoisotopic (exact) mass is 672 g/mol. The minimum absolute atomic E-state index is 0. The van der Waals surface area contributed by atoms with E-state index in [1.165, 1.54) is 0 Å². The first-order chi connectivity index (χ1) is 8.49. The molecular formula is C12H18O12Pd3. The molecule has 0 aromatic rings. The van der Waals surface area contributed by atoms with Crippen molar-refractivity contribution in [1.29, 1.82) is 0 Å². The minimum Gasteiger partial charge on any atom is -0.358 e. The van der Waals surface area contributed by atoms with Gasteiger partial charge in [0.15, 0.2) is 0 Å². The summed E-state index contributed by atoms with van der Waals surface area (Å²) in [7, 11) is 0. The van der Waals surface area contributed by atoms with Crippen molar-refractivity contribution in [2.24, 2.45) is 0 Å². The van der Waals surface area contributed by atoms with Crippen LogP contribution < -0.4 is 0 Å². The van der Waals surface area contributed by atoms with Crippen LogP contribution >= 0.6 is 0 Å². The van der Waals surface area contributed by atoms with Gasteiger partial charge in [0.2, 0.25) is 0 Å². The zero-order valence-electron chi connectivity index (χ0n) is 14.8. The predicted molar refractivity (Wildman–Crippen MR) is 68.5 cm³/mol. The number of hydrogen-bond acceptors (Lipinski definition) is 12. The second kappa shape index (κ2) is 722. The largest absolute Gasteiger partial charge is 2.00 e. The molecule has 0 aliphatic rings. The van der Waals surface area contributed by atoms with E-state index in [1.807, 2.05) is 0 Å². The molecule has 15 heteroatoms. The fourth-order valence-corrected chi connectivity index (χ4v) is 0. The van der Waals surface area contributed by atoms with Gasteiger partial charge in [-0.2, -0.15) is 57.5 Å². The van der Waals surface area contributed by atoms with Gasteiger partial charge < -0.3 is 44.6 Å². The van der Waals surface area contributed by atoms with Crippen molar-refractivity contribution in [1.82, 2.24) is 0 Å². The number of rotatable bonds is 0. The summed E-state index contributed by atoms with van der Waals surface area (Å²) in [5.74, 6) is 0. The van der Waals surface area contributed by atoms with Crippen LogP contribution in [0.15, 0.2) is 0 Å². The third-order valence-corrected chi connectivity index (χ3v) is 0. The molecule has 27 heavy (non-hydrogen) atoms. The van der Waals surface area contributed by atoms with Gasteiger partial charge in [-0.1, -0.05) is 0 Å². The van der Waals surface area contributed by atoms with Crippen LogP contribution in [-0.2, 0) is 119 Å². The molecule has 0 amide bonds. The van der Waals surface area contributed by atoms with E-state index in [1.54, 1.807) is 0 Å². The van der Waals surface area contributed by atoms with Crippen molar-refractivity contribution in [2.75, 3.05) is 0 Å². The Bertz CT molecular complexity index is 257. The van der Waals surface area contributed by atoms with Crippen molar-refractivity contribution in [3.63, 3.8) is 0 Å². The van der Waals surface area contributed by atoms with Gasteiger partial charge in [-0.05, 0) is 0 Å². The standard InChI is InChI=1S/6CO2.6CH3.3Pd/c6*2-1-3;;;;;;;;;/h;;;;;;6*1H3;;;/q;;;;;;6*-1;3*+2. The second-order valence-electron chi connectivity index (χ2n) is 0.500. The third-order valence-electron chi connectivity index (χ3n) is 0. The normalized spacial score (nSPS) is 1.78. The Labute approximate surface area is 199 Å². The molecule has 0 aromatic heterocycles. The van der Waals surface area contributed by atoms with Crippen LogP contribution in [0.25, 0.3) is 0 Å². The zero-order chi connectivity index (χ0) is 16.2. The minimum atomic E-state index is 0. The fraction of sp³-hybridized carbons (Fsp3) is 0. The van der Waals surface area contributed by atoms with Gasteiger partial charge in [-0.3, -0.25) is 0 Å². The molecule has 0 saturated heterocycles. The molecule has 168 valence electrons. The summed E-state index contributed by atoms with van der Waals surface area (Å²) in [4.78, 5) is 97.5. The van der Waals surface area contributed by atoms with Crippen LogP contribution in [0, 0.1) is 44.6 Å². The molecule has 0 bridgehead atoms. The Morgan fingerprint density at radius 2 is 0.222 bits per heavy atom. The molecule has 12 nitrogen and oxygen atoms in total. The average molecular weight is 674 g/mol. The molecule has 0 saturated carbocycles. The van der Waals surface area contributed by atoms with E-state index in [4.69, 9.17) is 57.5 Å². The van der Waals surface area contributed by atoms with Gasteiger partial charge >= 0.3 is 98.2 Å². The van der Waals surface area contributed by atoms with Crippen LogP contribution in [0.1, 0.15) is 0 Å². The topological polar surface area (TPSA) is 205 Å². The summed E-state index contributed by atoms with van der Waals surface area (Å²) in [6.07, 6.45) is 1.50. The van der Waals surface area contributed by atoms with Gasteiger partial charge in [0.25, 0.3) is 0 Å². The molecule has 0 aliphatic heterocycles. The van der Waals surface area contributed by atoms with Crippen molar-refractivity contribution >= 4 is 36.9 Å². The maximum Gasteiger partial charge on any atom is 2.00 e. The summed E-state index contributed by atoms with van der Waals surface area (Å²) >= 11 is 0. The molecule has 0 radical (unpaired) electrons. The second-order valence-corrected chi connectivity index (χ2v) is 0.500. The van der Waals surface area contributed by atoms with Gasteiger partial charge in [-0.15, -0.1) is 0 Å². The first kappa shape index (κ1) is 141. The van der Waals surface area contributed by atoms with Crippen LogP contribution in [0.3, 0.4) is 0 Å². The smallest absolute Gasteiger partial charge is 0.358 e. The first-order valence-corrected chi connectivity index (χ1v) is 2.45. The van der Waals surface area contributed by atoms with E-state index >= 15 is 0 Å². The van der Waals surface area contributed by atoms with Gasteiger partial charge in [0, 0.05) is 0 Å². The van der Waals surface area contributed by atoms with Crippen LogP contribution in [-0.4, -0.2) is 36.9 Å². The van der Waals surface area contributed by atoms with Crippen molar-refractivity contribution in [3.8, 4) is 0 Å². The van der Waals surface area contributed by atoms with Crippen molar-refractivity contribution < 1.29 is 119 Å². The fourth-order valence-electron chi connectivity index (χ4n) is 0. The quantitative estimate of drug-likeness (QED) is 0.229. The molecule has 0 heterocycles. The van der Waals surface area contributed by atoms with E-state index in [0.717, 1.165) is 0 Å². The number of hydrogen-bond donors (Lipinski definition) is 0. The van der Waals surface area contributed by atoms with Crippen molar-refractivity contribution in [3.05, 3.63) is 44.6 Å². The molecule has 0 aromatic carbocycles. The summed E-state index contributed by atoms with van der Waals surface area (Å²) in [6.45, 7) is 0. The first-order valence-electron chi connectivity index (χ1n) is 2.45. The van der Waals surface area contributed by atoms with Crippen LogP contribution in [0.4, 0.5) is 0 Å². The van der Waals surface area contributed by atoms with Crippen LogP contribution in [0.2, 0.25) is 0 Å². The third kappa shape index (κ3) is 4010. The molecule has 0 spiro atoms. The average Bonchev–Trinajstić information content (AvgIpc) is 2.23. The molecule has 0 fully saturated rings. The summed E-state index contributed by atoms with van der Waals surface area (Å²) in [5.41, 5.74) is 0. The SMILES string of the molecule is O=C=O.O=C=O.O=C=O.O=C=O.O=C=O.O=C=O.[CH3-].[CH3-].[CH3-].[CH3-].[CH3-].[CH3-].[Pd+2].[Pd+2].[Pd+2]. The molecule has 0 aliphatic carbocycles. The molecule has 0 unspecified atom stereocenters. The van der Waals surface area contributed by atoms with E-state index in [2.05, 4.69) is 0 Å². The van der Waals surface area contributed by atoms with Crippen molar-refractivity contribution in [2.45, 2.75) is 0 Å². The Balaban J connectivity index is -0.00000000462. The summed E-state index contributed by atoms with van der Waals surface area (Å²) < 4.78 is 0. The van der Waals surface area contributed by atoms with E-state index in [0.29, 0.717) is 0 Å². The van der Waals surface area contributed by atoms with Gasteiger partial charge in [0.05, 0.1) is 0 Å². The van der Waals surface area contributed by atoms with Gasteiger partial charge in [-0.25, -0.2) is 0 Å². The maximum atomic E-state index is 8.12. The Morgan fingerprint density at radius 3 is 0.222 bits per heavy atom. The summed E-state index contributed by atoms with van der Waals surface area (Å²) in [5, 5.41) is 0. The van der Waals surface area contributed by atoms with E-state index in [9.17, 15) is 0 Å². The molecular weight excluding hydrogens is 655 g/mol. The Morgan fingerprint density at radius 1 is 0.222 bits per heavy atom. The van der Waals surface area contributed by atoms with Gasteiger partial charge in [0.1, 0.15) is 0 Å². The molecule has 0 rings (SSSR count). The van der Waals surface area contributed by atoms with Crippen LogP contribution in [0.5, 0.6) is 0 Å². The van der Waals surface area contributed by atoms with E-state index < -0.39 is 0 Å².